The minimum atomic E-state index is -1.59. The normalized spacial score (nSPS) is 22.7. The van der Waals surface area contributed by atoms with Gasteiger partial charge in [-0.1, -0.05) is 18.2 Å². The van der Waals surface area contributed by atoms with Gasteiger partial charge in [-0.2, -0.15) is 0 Å². The zero-order valence-electron chi connectivity index (χ0n) is 20.7. The maximum absolute atomic E-state index is 15.7. The van der Waals surface area contributed by atoms with Gasteiger partial charge in [0.05, 0.1) is 19.3 Å². The van der Waals surface area contributed by atoms with Crippen LogP contribution in [0.3, 0.4) is 0 Å². The lowest BCUT2D eigenvalue weighted by molar-refractivity contribution is 0.0360. The van der Waals surface area contributed by atoms with Crippen molar-refractivity contribution in [3.05, 3.63) is 70.4 Å². The Hall–Kier alpha value is -2.49. The molecule has 2 aliphatic rings. The van der Waals surface area contributed by atoms with Crippen LogP contribution in [0.2, 0.25) is 0 Å². The molecule has 0 bridgehead atoms. The van der Waals surface area contributed by atoms with Crippen molar-refractivity contribution >= 4 is 10.9 Å². The first kappa shape index (κ1) is 26.1. The molecular formula is C28H32F5N3O. The molecule has 3 heterocycles. The predicted molar refractivity (Wildman–Crippen MR) is 133 cm³/mol. The lowest BCUT2D eigenvalue weighted by atomic mass is 9.85. The highest BCUT2D eigenvalue weighted by atomic mass is 19.1. The summed E-state index contributed by atoms with van der Waals surface area (Å²) >= 11 is 0. The van der Waals surface area contributed by atoms with Crippen LogP contribution >= 0.6 is 0 Å². The third kappa shape index (κ3) is 4.89. The van der Waals surface area contributed by atoms with Crippen molar-refractivity contribution in [3.8, 4) is 0 Å². The van der Waals surface area contributed by atoms with Gasteiger partial charge in [-0.3, -0.25) is 9.29 Å². The maximum Gasteiger partial charge on any atom is 0.136 e. The van der Waals surface area contributed by atoms with Crippen LogP contribution in [0.15, 0.2) is 36.4 Å². The largest absolute Gasteiger partial charge is 0.393 e. The van der Waals surface area contributed by atoms with Crippen molar-refractivity contribution in [1.82, 2.24) is 14.8 Å². The summed E-state index contributed by atoms with van der Waals surface area (Å²) in [6.45, 7) is 1.89. The van der Waals surface area contributed by atoms with Crippen molar-refractivity contribution in [1.29, 1.82) is 0 Å². The Balaban J connectivity index is 1.51. The number of aromatic amines is 1. The molecule has 5 rings (SSSR count). The summed E-state index contributed by atoms with van der Waals surface area (Å²) in [6.07, 6.45) is -2.21. The first-order valence-electron chi connectivity index (χ1n) is 12.8. The number of hydrogen-bond acceptors (Lipinski definition) is 3. The lowest BCUT2D eigenvalue weighted by Crippen LogP contribution is -2.48. The van der Waals surface area contributed by atoms with Crippen molar-refractivity contribution in [2.24, 2.45) is 5.92 Å². The molecule has 0 radical (unpaired) electrons. The van der Waals surface area contributed by atoms with Crippen LogP contribution in [0.1, 0.15) is 47.9 Å². The number of nitrogens with one attached hydrogen (secondary N) is 1. The molecule has 1 unspecified atom stereocenters. The summed E-state index contributed by atoms with van der Waals surface area (Å²) in [4.78, 5) is 6.88. The van der Waals surface area contributed by atoms with Gasteiger partial charge in [-0.15, -0.1) is 0 Å². The summed E-state index contributed by atoms with van der Waals surface area (Å²) in [5.74, 6) is -2.19. The molecule has 3 aromatic rings. The zero-order valence-corrected chi connectivity index (χ0v) is 20.7. The molecule has 2 aromatic carbocycles. The summed E-state index contributed by atoms with van der Waals surface area (Å²) < 4.78 is 73.4. The van der Waals surface area contributed by atoms with E-state index >= 15 is 13.2 Å². The van der Waals surface area contributed by atoms with Crippen molar-refractivity contribution in [3.63, 3.8) is 0 Å². The van der Waals surface area contributed by atoms with Gasteiger partial charge in [0.2, 0.25) is 0 Å². The fourth-order valence-electron chi connectivity index (χ4n) is 5.95. The monoisotopic (exact) mass is 521 g/mol. The van der Waals surface area contributed by atoms with Crippen LogP contribution in [-0.4, -0.2) is 71.6 Å². The van der Waals surface area contributed by atoms with Gasteiger partial charge in [0.15, 0.2) is 0 Å². The first-order chi connectivity index (χ1) is 17.8. The smallest absolute Gasteiger partial charge is 0.136 e. The minimum absolute atomic E-state index is 0.0695. The van der Waals surface area contributed by atoms with E-state index in [1.807, 2.05) is 36.1 Å². The maximum atomic E-state index is 15.7. The molecule has 0 amide bonds. The van der Waals surface area contributed by atoms with Gasteiger partial charge >= 0.3 is 0 Å². The molecule has 2 N–H and O–H groups in total. The number of aliphatic hydroxyl groups excluding tert-OH is 1. The van der Waals surface area contributed by atoms with Gasteiger partial charge in [0.25, 0.3) is 0 Å². The first-order valence-corrected chi connectivity index (χ1v) is 12.8. The molecule has 1 fully saturated rings. The highest BCUT2D eigenvalue weighted by molar-refractivity contribution is 5.85. The van der Waals surface area contributed by atoms with E-state index < -0.39 is 49.2 Å². The number of para-hydroxylation sites is 1. The van der Waals surface area contributed by atoms with Crippen molar-refractivity contribution in [2.45, 2.75) is 44.2 Å². The van der Waals surface area contributed by atoms with Crippen molar-refractivity contribution in [2.75, 3.05) is 39.5 Å². The third-order valence-corrected chi connectivity index (χ3v) is 7.82. The average Bonchev–Trinajstić information content (AvgIpc) is 3.22. The highest BCUT2D eigenvalue weighted by Crippen LogP contribution is 2.43. The Labute approximate surface area is 213 Å². The Kier molecular flexibility index (Phi) is 7.56. The number of fused-ring (bicyclic) bond motifs is 3. The van der Waals surface area contributed by atoms with E-state index in [9.17, 15) is 13.9 Å². The standard InChI is InChI=1S/C28H32F5N3O/c1-16-9-21-20-5-2-3-6-24(20)34-27(21)28(36(16)14-19(30)15-37)25-22(31)10-17(11-23(25)32)26(33)18-12-35(13-18)8-4-7-29/h2-3,5-6,10-11,16,18-19,26,28,34,37H,4,7-9,12-15H2,1H3/t16-,19+,26+,28?/m1/s1. The van der Waals surface area contributed by atoms with Gasteiger partial charge in [0.1, 0.15) is 24.0 Å². The van der Waals surface area contributed by atoms with Crippen LogP contribution in [0.4, 0.5) is 22.0 Å². The molecule has 0 aliphatic carbocycles. The Morgan fingerprint density at radius 3 is 2.49 bits per heavy atom. The number of hydrogen-bond donors (Lipinski definition) is 2. The molecule has 4 atom stereocenters. The summed E-state index contributed by atoms with van der Waals surface area (Å²) in [5.41, 5.74) is 1.97. The number of likely N-dealkylation sites (tertiary alicyclic amines) is 1. The highest BCUT2D eigenvalue weighted by Gasteiger charge is 2.41. The molecule has 2 aliphatic heterocycles. The van der Waals surface area contributed by atoms with Gasteiger partial charge < -0.3 is 15.0 Å². The Morgan fingerprint density at radius 1 is 1.11 bits per heavy atom. The van der Waals surface area contributed by atoms with E-state index in [1.54, 1.807) is 4.90 Å². The topological polar surface area (TPSA) is 42.5 Å². The fourth-order valence-corrected chi connectivity index (χ4v) is 5.95. The zero-order chi connectivity index (χ0) is 26.3. The molecule has 1 aromatic heterocycles. The molecule has 0 saturated carbocycles. The van der Waals surface area contributed by atoms with Crippen LogP contribution in [0.25, 0.3) is 10.9 Å². The molecule has 0 spiro atoms. The summed E-state index contributed by atoms with van der Waals surface area (Å²) in [5, 5.41) is 10.3. The third-order valence-electron chi connectivity index (χ3n) is 7.82. The number of nitrogens with zero attached hydrogens (tertiary/aromatic N) is 2. The number of rotatable bonds is 9. The van der Waals surface area contributed by atoms with Crippen LogP contribution in [0.5, 0.6) is 0 Å². The number of H-pyrrole nitrogens is 1. The average molecular weight is 522 g/mol. The quantitative estimate of drug-likeness (QED) is 0.370. The number of halogens is 5. The SMILES string of the molecule is C[C@@H]1Cc2c([nH]c3ccccc23)C(c2c(F)cc([C@H](F)C3CN(CCCF)C3)cc2F)N1C[C@H](F)CO. The number of benzene rings is 2. The van der Waals surface area contributed by atoms with Crippen LogP contribution < -0.4 is 0 Å². The molecule has 4 nitrogen and oxygen atoms in total. The molecule has 1 saturated heterocycles. The second-order valence-electron chi connectivity index (χ2n) is 10.4. The van der Waals surface area contributed by atoms with Gasteiger partial charge in [0, 0.05) is 60.3 Å². The van der Waals surface area contributed by atoms with E-state index in [-0.39, 0.29) is 23.7 Å². The number of aliphatic hydroxyl groups is 1. The van der Waals surface area contributed by atoms with Gasteiger partial charge in [-0.05, 0) is 49.1 Å². The molecule has 9 heteroatoms. The van der Waals surface area contributed by atoms with E-state index in [2.05, 4.69) is 4.98 Å². The predicted octanol–water partition coefficient (Wildman–Crippen LogP) is 5.41. The number of aromatic nitrogens is 1. The molecule has 37 heavy (non-hydrogen) atoms. The summed E-state index contributed by atoms with van der Waals surface area (Å²) in [6, 6.07) is 8.43. The van der Waals surface area contributed by atoms with E-state index in [0.29, 0.717) is 38.2 Å². The Bertz CT molecular complexity index is 1220. The molecule has 200 valence electrons. The van der Waals surface area contributed by atoms with E-state index in [4.69, 9.17) is 0 Å². The van der Waals surface area contributed by atoms with Crippen LogP contribution in [0, 0.1) is 17.6 Å². The fraction of sp³-hybridized carbons (Fsp3) is 0.500. The minimum Gasteiger partial charge on any atom is -0.393 e. The van der Waals surface area contributed by atoms with E-state index in [0.717, 1.165) is 28.6 Å². The van der Waals surface area contributed by atoms with E-state index in [1.165, 1.54) is 0 Å². The second-order valence-corrected chi connectivity index (χ2v) is 10.4. The Morgan fingerprint density at radius 2 is 1.81 bits per heavy atom. The summed E-state index contributed by atoms with van der Waals surface area (Å²) in [7, 11) is 0. The number of alkyl halides is 3. The molecular weight excluding hydrogens is 489 g/mol. The van der Waals surface area contributed by atoms with Gasteiger partial charge in [-0.25, -0.2) is 17.6 Å². The van der Waals surface area contributed by atoms with Crippen molar-refractivity contribution < 1.29 is 27.1 Å². The second kappa shape index (κ2) is 10.7. The van der Waals surface area contributed by atoms with Crippen LogP contribution in [-0.2, 0) is 6.42 Å². The lowest BCUT2D eigenvalue weighted by Gasteiger charge is -2.42.